The maximum absolute atomic E-state index is 6.05. The number of nitrogens with two attached hydrogens (primary N) is 1. The predicted octanol–water partition coefficient (Wildman–Crippen LogP) is 1.38. The second-order valence-corrected chi connectivity index (χ2v) is 6.20. The van der Waals surface area contributed by atoms with E-state index in [2.05, 4.69) is 18.7 Å². The summed E-state index contributed by atoms with van der Waals surface area (Å²) in [5.74, 6) is 0. The average Bonchev–Trinajstić information content (AvgIpc) is 2.68. The molecule has 0 aromatic rings. The Morgan fingerprint density at radius 3 is 2.56 bits per heavy atom. The van der Waals surface area contributed by atoms with Crippen molar-refractivity contribution in [3.05, 3.63) is 0 Å². The topological polar surface area (TPSA) is 47.7 Å². The van der Waals surface area contributed by atoms with Crippen LogP contribution in [0.2, 0.25) is 0 Å². The molecule has 0 amide bonds. The molecule has 2 aliphatic heterocycles. The third-order valence-electron chi connectivity index (χ3n) is 4.02. The van der Waals surface area contributed by atoms with Crippen LogP contribution in [0.4, 0.5) is 0 Å². The van der Waals surface area contributed by atoms with Crippen molar-refractivity contribution in [2.75, 3.05) is 32.8 Å². The summed E-state index contributed by atoms with van der Waals surface area (Å²) in [6.45, 7) is 9.08. The quantitative estimate of drug-likeness (QED) is 0.807. The average molecular weight is 256 g/mol. The van der Waals surface area contributed by atoms with Crippen LogP contribution in [0, 0.1) is 0 Å². The Kier molecular flexibility index (Phi) is 5.01. The van der Waals surface area contributed by atoms with Gasteiger partial charge in [-0.3, -0.25) is 0 Å². The van der Waals surface area contributed by atoms with Crippen LogP contribution in [0.5, 0.6) is 0 Å². The van der Waals surface area contributed by atoms with Gasteiger partial charge >= 0.3 is 0 Å². The van der Waals surface area contributed by atoms with Crippen LogP contribution in [-0.4, -0.2) is 55.5 Å². The van der Waals surface area contributed by atoms with Gasteiger partial charge in [0, 0.05) is 26.2 Å². The zero-order valence-corrected chi connectivity index (χ0v) is 11.9. The summed E-state index contributed by atoms with van der Waals surface area (Å²) in [7, 11) is 0. The van der Waals surface area contributed by atoms with Crippen molar-refractivity contribution >= 4 is 0 Å². The van der Waals surface area contributed by atoms with Gasteiger partial charge in [-0.1, -0.05) is 0 Å². The highest BCUT2D eigenvalue weighted by atomic mass is 16.5. The molecule has 0 aliphatic carbocycles. The third-order valence-corrected chi connectivity index (χ3v) is 4.02. The molecule has 18 heavy (non-hydrogen) atoms. The molecule has 2 heterocycles. The van der Waals surface area contributed by atoms with Crippen LogP contribution in [0.3, 0.4) is 0 Å². The van der Waals surface area contributed by atoms with Gasteiger partial charge in [-0.15, -0.1) is 0 Å². The molecule has 106 valence electrons. The van der Waals surface area contributed by atoms with Crippen molar-refractivity contribution < 1.29 is 9.47 Å². The molecule has 0 aromatic carbocycles. The highest BCUT2D eigenvalue weighted by Crippen LogP contribution is 2.30. The van der Waals surface area contributed by atoms with E-state index in [1.807, 2.05) is 0 Å². The van der Waals surface area contributed by atoms with Gasteiger partial charge in [0.1, 0.15) is 0 Å². The molecule has 0 spiro atoms. The lowest BCUT2D eigenvalue weighted by Gasteiger charge is -2.33. The fourth-order valence-corrected chi connectivity index (χ4v) is 2.99. The number of hydrogen-bond donors (Lipinski definition) is 1. The van der Waals surface area contributed by atoms with E-state index >= 15 is 0 Å². The molecule has 2 aliphatic rings. The van der Waals surface area contributed by atoms with Gasteiger partial charge in [0.05, 0.1) is 24.4 Å². The number of nitrogens with zero attached hydrogens (tertiary/aromatic N) is 1. The minimum Gasteiger partial charge on any atom is -0.377 e. The number of rotatable bonds is 5. The number of ether oxygens (including phenoxy) is 2. The largest absolute Gasteiger partial charge is 0.377 e. The standard InChI is InChI=1S/C14H28N2O2/c1-14(2)6-3-13(18-14)11-16-8-4-12(5-9-16)17-10-7-15/h12-13H,3-11,15H2,1-2H3. The first kappa shape index (κ1) is 14.3. The Bertz CT molecular complexity index is 250. The molecule has 1 unspecified atom stereocenters. The van der Waals surface area contributed by atoms with Gasteiger partial charge in [0.15, 0.2) is 0 Å². The first-order chi connectivity index (χ1) is 8.59. The molecule has 2 saturated heterocycles. The van der Waals surface area contributed by atoms with E-state index in [0.717, 1.165) is 32.5 Å². The minimum atomic E-state index is 0.0905. The minimum absolute atomic E-state index is 0.0905. The second-order valence-electron chi connectivity index (χ2n) is 6.20. The number of hydrogen-bond acceptors (Lipinski definition) is 4. The molecule has 0 bridgehead atoms. The molecule has 4 nitrogen and oxygen atoms in total. The summed E-state index contributed by atoms with van der Waals surface area (Å²) in [6, 6.07) is 0. The van der Waals surface area contributed by atoms with Crippen molar-refractivity contribution in [3.8, 4) is 0 Å². The normalized spacial score (nSPS) is 29.8. The predicted molar refractivity (Wildman–Crippen MR) is 72.7 cm³/mol. The zero-order chi connectivity index (χ0) is 13.0. The highest BCUT2D eigenvalue weighted by Gasteiger charge is 2.33. The molecular weight excluding hydrogens is 228 g/mol. The van der Waals surface area contributed by atoms with Gasteiger partial charge in [0.2, 0.25) is 0 Å². The first-order valence-electron chi connectivity index (χ1n) is 7.31. The van der Waals surface area contributed by atoms with Gasteiger partial charge < -0.3 is 20.1 Å². The van der Waals surface area contributed by atoms with E-state index in [1.165, 1.54) is 12.8 Å². The summed E-state index contributed by atoms with van der Waals surface area (Å²) < 4.78 is 11.8. The van der Waals surface area contributed by atoms with E-state index in [-0.39, 0.29) is 5.60 Å². The second kappa shape index (κ2) is 6.33. The summed E-state index contributed by atoms with van der Waals surface area (Å²) in [6.07, 6.45) is 5.52. The lowest BCUT2D eigenvalue weighted by molar-refractivity contribution is -0.0414. The van der Waals surface area contributed by atoms with Crippen molar-refractivity contribution in [3.63, 3.8) is 0 Å². The Labute approximate surface area is 111 Å². The van der Waals surface area contributed by atoms with Crippen molar-refractivity contribution in [1.82, 2.24) is 4.90 Å². The van der Waals surface area contributed by atoms with Gasteiger partial charge in [-0.2, -0.15) is 0 Å². The molecule has 1 atom stereocenters. The molecule has 2 fully saturated rings. The van der Waals surface area contributed by atoms with Gasteiger partial charge in [-0.05, 0) is 39.5 Å². The molecule has 0 saturated carbocycles. The van der Waals surface area contributed by atoms with Crippen molar-refractivity contribution in [1.29, 1.82) is 0 Å². The molecule has 2 N–H and O–H groups in total. The lowest BCUT2D eigenvalue weighted by atomic mass is 10.0. The SMILES string of the molecule is CC1(C)CCC(CN2CCC(OCCN)CC2)O1. The molecule has 0 aromatic heterocycles. The third kappa shape index (κ3) is 4.19. The molecule has 2 rings (SSSR count). The van der Waals surface area contributed by atoms with E-state index in [0.29, 0.717) is 25.4 Å². The van der Waals surface area contributed by atoms with Crippen LogP contribution in [-0.2, 0) is 9.47 Å². The fraction of sp³-hybridized carbons (Fsp3) is 1.00. The van der Waals surface area contributed by atoms with Crippen LogP contribution in [0.15, 0.2) is 0 Å². The summed E-state index contributed by atoms with van der Waals surface area (Å²) in [5.41, 5.74) is 5.55. The van der Waals surface area contributed by atoms with E-state index in [4.69, 9.17) is 15.2 Å². The smallest absolute Gasteiger partial charge is 0.0710 e. The molecule has 0 radical (unpaired) electrons. The summed E-state index contributed by atoms with van der Waals surface area (Å²) in [5, 5.41) is 0. The van der Waals surface area contributed by atoms with E-state index < -0.39 is 0 Å². The van der Waals surface area contributed by atoms with E-state index in [1.54, 1.807) is 0 Å². The zero-order valence-electron chi connectivity index (χ0n) is 11.9. The Balaban J connectivity index is 1.65. The fourth-order valence-electron chi connectivity index (χ4n) is 2.99. The monoisotopic (exact) mass is 256 g/mol. The van der Waals surface area contributed by atoms with Crippen LogP contribution < -0.4 is 5.73 Å². The van der Waals surface area contributed by atoms with E-state index in [9.17, 15) is 0 Å². The Morgan fingerprint density at radius 1 is 1.28 bits per heavy atom. The molecule has 4 heteroatoms. The van der Waals surface area contributed by atoms with Crippen molar-refractivity contribution in [2.24, 2.45) is 5.73 Å². The maximum Gasteiger partial charge on any atom is 0.0710 e. The van der Waals surface area contributed by atoms with Crippen LogP contribution in [0.25, 0.3) is 0 Å². The summed E-state index contributed by atoms with van der Waals surface area (Å²) in [4.78, 5) is 2.52. The maximum atomic E-state index is 6.05. The Hall–Kier alpha value is -0.160. The van der Waals surface area contributed by atoms with Gasteiger partial charge in [-0.25, -0.2) is 0 Å². The lowest BCUT2D eigenvalue weighted by Crippen LogP contribution is -2.41. The number of likely N-dealkylation sites (tertiary alicyclic amines) is 1. The van der Waals surface area contributed by atoms with Crippen LogP contribution in [0.1, 0.15) is 39.5 Å². The van der Waals surface area contributed by atoms with Crippen molar-refractivity contribution in [2.45, 2.75) is 57.3 Å². The highest BCUT2D eigenvalue weighted by molar-refractivity contribution is 4.84. The van der Waals surface area contributed by atoms with Gasteiger partial charge in [0.25, 0.3) is 0 Å². The molecular formula is C14H28N2O2. The number of piperidine rings is 1. The Morgan fingerprint density at radius 2 is 2.00 bits per heavy atom. The first-order valence-corrected chi connectivity index (χ1v) is 7.31. The van der Waals surface area contributed by atoms with Crippen LogP contribution >= 0.6 is 0 Å². The summed E-state index contributed by atoms with van der Waals surface area (Å²) >= 11 is 0.